The molecule has 3 aromatic rings. The summed E-state index contributed by atoms with van der Waals surface area (Å²) in [7, 11) is 0. The molecule has 0 aliphatic rings. The summed E-state index contributed by atoms with van der Waals surface area (Å²) in [5.41, 5.74) is 6.60. The number of rotatable bonds is 6. The third-order valence-electron chi connectivity index (χ3n) is 4.08. The zero-order valence-electron chi connectivity index (χ0n) is 14.3. The van der Waals surface area contributed by atoms with Gasteiger partial charge in [-0.05, 0) is 36.8 Å². The maximum Gasteiger partial charge on any atom is 0.254 e. The van der Waals surface area contributed by atoms with Crippen LogP contribution in [-0.4, -0.2) is 23.3 Å². The van der Waals surface area contributed by atoms with Crippen LogP contribution in [0.25, 0.3) is 10.9 Å². The second kappa shape index (κ2) is 7.39. The number of amides is 1. The maximum atomic E-state index is 12.5. The standard InChI is InChI=1S/C20H19FN2O3/c1-13(10-21)26-15-8-6-14(7-9-15)11-23-12-17(20(22)25)19(24)16-4-2-3-5-18(16)23/h2-9,12-13H,10-11H2,1H3,(H2,22,25). The number of para-hydroxylation sites is 1. The Kier molecular flexibility index (Phi) is 5.02. The number of nitrogens with zero attached hydrogens (tertiary/aromatic N) is 1. The molecule has 1 aromatic heterocycles. The third kappa shape index (κ3) is 3.59. The van der Waals surface area contributed by atoms with Crippen molar-refractivity contribution in [2.45, 2.75) is 19.6 Å². The smallest absolute Gasteiger partial charge is 0.254 e. The van der Waals surface area contributed by atoms with Gasteiger partial charge < -0.3 is 15.0 Å². The summed E-state index contributed by atoms with van der Waals surface area (Å²) in [5, 5.41) is 0.445. The van der Waals surface area contributed by atoms with Crippen molar-refractivity contribution in [3.63, 3.8) is 0 Å². The van der Waals surface area contributed by atoms with Crippen molar-refractivity contribution in [2.75, 3.05) is 6.67 Å². The van der Waals surface area contributed by atoms with E-state index >= 15 is 0 Å². The van der Waals surface area contributed by atoms with Crippen molar-refractivity contribution >= 4 is 16.8 Å². The summed E-state index contributed by atoms with van der Waals surface area (Å²) in [5.74, 6) is -0.167. The van der Waals surface area contributed by atoms with Crippen LogP contribution in [0.5, 0.6) is 5.75 Å². The Hall–Kier alpha value is -3.15. The molecule has 5 nitrogen and oxygen atoms in total. The summed E-state index contributed by atoms with van der Waals surface area (Å²) >= 11 is 0. The van der Waals surface area contributed by atoms with Crippen molar-refractivity contribution < 1.29 is 13.9 Å². The largest absolute Gasteiger partial charge is 0.488 e. The zero-order valence-corrected chi connectivity index (χ0v) is 14.3. The minimum atomic E-state index is -0.751. The summed E-state index contributed by atoms with van der Waals surface area (Å²) in [6, 6.07) is 14.3. The number of nitrogens with two attached hydrogens (primary N) is 1. The van der Waals surface area contributed by atoms with E-state index in [9.17, 15) is 14.0 Å². The number of hydrogen-bond acceptors (Lipinski definition) is 3. The second-order valence-electron chi connectivity index (χ2n) is 6.11. The van der Waals surface area contributed by atoms with Crippen LogP contribution in [0, 0.1) is 0 Å². The number of benzene rings is 2. The monoisotopic (exact) mass is 354 g/mol. The van der Waals surface area contributed by atoms with E-state index in [0.717, 1.165) is 5.56 Å². The van der Waals surface area contributed by atoms with Crippen molar-refractivity contribution in [1.29, 1.82) is 0 Å². The SMILES string of the molecule is CC(CF)Oc1ccc(Cn2cc(C(N)=O)c(=O)c3ccccc32)cc1. The van der Waals surface area contributed by atoms with E-state index < -0.39 is 18.7 Å². The quantitative estimate of drug-likeness (QED) is 0.740. The topological polar surface area (TPSA) is 74.3 Å². The number of carbonyl (C=O) groups is 1. The van der Waals surface area contributed by atoms with Gasteiger partial charge in [-0.3, -0.25) is 9.59 Å². The molecule has 0 radical (unpaired) electrons. The fourth-order valence-corrected chi connectivity index (χ4v) is 2.79. The van der Waals surface area contributed by atoms with Crippen molar-refractivity contribution in [1.82, 2.24) is 4.57 Å². The van der Waals surface area contributed by atoms with Crippen LogP contribution in [0.3, 0.4) is 0 Å². The summed E-state index contributed by atoms with van der Waals surface area (Å²) in [4.78, 5) is 24.0. The van der Waals surface area contributed by atoms with Gasteiger partial charge in [0, 0.05) is 18.1 Å². The number of carbonyl (C=O) groups excluding carboxylic acids is 1. The molecule has 0 aliphatic carbocycles. The van der Waals surface area contributed by atoms with Crippen LogP contribution in [-0.2, 0) is 6.54 Å². The molecule has 3 rings (SSSR count). The van der Waals surface area contributed by atoms with Crippen molar-refractivity contribution in [3.8, 4) is 5.75 Å². The van der Waals surface area contributed by atoms with Gasteiger partial charge in [0.05, 0.1) is 5.52 Å². The van der Waals surface area contributed by atoms with Crippen molar-refractivity contribution in [3.05, 3.63) is 76.1 Å². The Balaban J connectivity index is 1.97. The minimum absolute atomic E-state index is 0.0413. The lowest BCUT2D eigenvalue weighted by atomic mass is 10.1. The van der Waals surface area contributed by atoms with Gasteiger partial charge in [0.15, 0.2) is 0 Å². The van der Waals surface area contributed by atoms with E-state index in [-0.39, 0.29) is 11.0 Å². The number of fused-ring (bicyclic) bond motifs is 1. The lowest BCUT2D eigenvalue weighted by Gasteiger charge is -2.14. The number of primary amides is 1. The molecule has 2 N–H and O–H groups in total. The predicted octanol–water partition coefficient (Wildman–Crippen LogP) is 2.89. The average Bonchev–Trinajstić information content (AvgIpc) is 2.65. The highest BCUT2D eigenvalue weighted by atomic mass is 19.1. The fraction of sp³-hybridized carbons (Fsp3) is 0.200. The third-order valence-corrected chi connectivity index (χ3v) is 4.08. The molecule has 0 fully saturated rings. The second-order valence-corrected chi connectivity index (χ2v) is 6.11. The van der Waals surface area contributed by atoms with Gasteiger partial charge in [0.2, 0.25) is 5.43 Å². The number of ether oxygens (including phenoxy) is 1. The molecule has 26 heavy (non-hydrogen) atoms. The molecule has 0 saturated carbocycles. The van der Waals surface area contributed by atoms with Crippen LogP contribution < -0.4 is 15.9 Å². The van der Waals surface area contributed by atoms with E-state index in [1.807, 2.05) is 28.8 Å². The van der Waals surface area contributed by atoms with Gasteiger partial charge in [-0.2, -0.15) is 0 Å². The van der Waals surface area contributed by atoms with E-state index in [0.29, 0.717) is 23.2 Å². The maximum absolute atomic E-state index is 12.5. The van der Waals surface area contributed by atoms with Crippen LogP contribution in [0.15, 0.2) is 59.5 Å². The molecule has 1 unspecified atom stereocenters. The Morgan fingerprint density at radius 2 is 1.88 bits per heavy atom. The molecule has 2 aromatic carbocycles. The summed E-state index contributed by atoms with van der Waals surface area (Å²) < 4.78 is 19.8. The Morgan fingerprint density at radius 3 is 2.54 bits per heavy atom. The molecule has 1 heterocycles. The first-order chi connectivity index (χ1) is 12.5. The molecule has 134 valence electrons. The first-order valence-electron chi connectivity index (χ1n) is 8.23. The Bertz CT molecular complexity index is 996. The molecule has 6 heteroatoms. The number of halogens is 1. The van der Waals surface area contributed by atoms with Crippen LogP contribution in [0.4, 0.5) is 4.39 Å². The van der Waals surface area contributed by atoms with Gasteiger partial charge in [0.1, 0.15) is 24.1 Å². The van der Waals surface area contributed by atoms with Crippen LogP contribution in [0.2, 0.25) is 0 Å². The van der Waals surface area contributed by atoms with Gasteiger partial charge >= 0.3 is 0 Å². The first-order valence-corrected chi connectivity index (χ1v) is 8.23. The van der Waals surface area contributed by atoms with E-state index in [4.69, 9.17) is 10.5 Å². The van der Waals surface area contributed by atoms with Gasteiger partial charge in [-0.15, -0.1) is 0 Å². The first kappa shape index (κ1) is 17.7. The predicted molar refractivity (Wildman–Crippen MR) is 98.3 cm³/mol. The molecule has 1 amide bonds. The fourth-order valence-electron chi connectivity index (χ4n) is 2.79. The highest BCUT2D eigenvalue weighted by Crippen LogP contribution is 2.17. The minimum Gasteiger partial charge on any atom is -0.488 e. The van der Waals surface area contributed by atoms with Gasteiger partial charge in [-0.1, -0.05) is 24.3 Å². The van der Waals surface area contributed by atoms with Crippen LogP contribution >= 0.6 is 0 Å². The molecule has 0 bridgehead atoms. The zero-order chi connectivity index (χ0) is 18.7. The Labute approximate surface area is 149 Å². The highest BCUT2D eigenvalue weighted by molar-refractivity contribution is 5.96. The van der Waals surface area contributed by atoms with E-state index in [1.165, 1.54) is 6.20 Å². The highest BCUT2D eigenvalue weighted by Gasteiger charge is 2.13. The number of alkyl halides is 1. The van der Waals surface area contributed by atoms with Gasteiger partial charge in [0.25, 0.3) is 5.91 Å². The lowest BCUT2D eigenvalue weighted by molar-refractivity contribution is 0.0999. The van der Waals surface area contributed by atoms with E-state index in [2.05, 4.69) is 0 Å². The molecular formula is C20H19FN2O3. The molecule has 1 atom stereocenters. The normalized spacial score (nSPS) is 12.1. The van der Waals surface area contributed by atoms with Crippen LogP contribution in [0.1, 0.15) is 22.8 Å². The average molecular weight is 354 g/mol. The van der Waals surface area contributed by atoms with Crippen molar-refractivity contribution in [2.24, 2.45) is 5.73 Å². The molecular weight excluding hydrogens is 335 g/mol. The Morgan fingerprint density at radius 1 is 1.19 bits per heavy atom. The summed E-state index contributed by atoms with van der Waals surface area (Å²) in [6.45, 7) is 1.55. The van der Waals surface area contributed by atoms with Gasteiger partial charge in [-0.25, -0.2) is 4.39 Å². The molecule has 0 spiro atoms. The summed E-state index contributed by atoms with van der Waals surface area (Å²) in [6.07, 6.45) is 0.990. The number of aromatic nitrogens is 1. The molecule has 0 saturated heterocycles. The lowest BCUT2D eigenvalue weighted by Crippen LogP contribution is -2.24. The number of hydrogen-bond donors (Lipinski definition) is 1. The van der Waals surface area contributed by atoms with E-state index in [1.54, 1.807) is 31.2 Å². The molecule has 0 aliphatic heterocycles. The number of pyridine rings is 1.